The summed E-state index contributed by atoms with van der Waals surface area (Å²) in [7, 11) is 0. The fourth-order valence-corrected chi connectivity index (χ4v) is 3.68. The first kappa shape index (κ1) is 20.3. The highest BCUT2D eigenvalue weighted by Gasteiger charge is 2.31. The lowest BCUT2D eigenvalue weighted by Gasteiger charge is -2.38. The number of carbonyl (C=O) groups is 2. The SMILES string of the molecule is CC1CN(c2ccc(C#N)c3ncccc23)CC(C(=O)Nc2ccnc(C(N)=O)c2)O1. The molecule has 0 saturated carbocycles. The van der Waals surface area contributed by atoms with Gasteiger partial charge < -0.3 is 20.7 Å². The molecule has 1 aliphatic heterocycles. The molecule has 2 unspecified atom stereocenters. The lowest BCUT2D eigenvalue weighted by Crippen LogP contribution is -2.51. The van der Waals surface area contributed by atoms with Gasteiger partial charge in [0.1, 0.15) is 11.8 Å². The number of nitrogens with two attached hydrogens (primary N) is 1. The maximum Gasteiger partial charge on any atom is 0.267 e. The zero-order valence-corrected chi connectivity index (χ0v) is 16.8. The van der Waals surface area contributed by atoms with Gasteiger partial charge in [0, 0.05) is 35.7 Å². The molecular weight excluding hydrogens is 396 g/mol. The second kappa shape index (κ2) is 8.38. The number of ether oxygens (including phenoxy) is 1. The summed E-state index contributed by atoms with van der Waals surface area (Å²) in [5, 5.41) is 13.0. The molecule has 2 atom stereocenters. The highest BCUT2D eigenvalue weighted by molar-refractivity contribution is 5.98. The standard InChI is InChI=1S/C22H20N6O3/c1-13-11-28(18-5-4-14(10-23)20-16(18)3-2-7-26-20)12-19(31-13)22(30)27-15-6-8-25-17(9-15)21(24)29/h2-9,13,19H,11-12H2,1H3,(H2,24,29)(H,25,27,30). The molecule has 3 aromatic rings. The third-order valence-corrected chi connectivity index (χ3v) is 5.04. The van der Waals surface area contributed by atoms with Crippen LogP contribution in [0.1, 0.15) is 23.0 Å². The minimum atomic E-state index is -0.740. The van der Waals surface area contributed by atoms with Gasteiger partial charge in [0.2, 0.25) is 0 Å². The Morgan fingerprint density at radius 3 is 2.84 bits per heavy atom. The van der Waals surface area contributed by atoms with Crippen molar-refractivity contribution in [3.8, 4) is 6.07 Å². The van der Waals surface area contributed by atoms with E-state index in [4.69, 9.17) is 10.5 Å². The zero-order valence-electron chi connectivity index (χ0n) is 16.8. The molecule has 0 aliphatic carbocycles. The summed E-state index contributed by atoms with van der Waals surface area (Å²) in [6.07, 6.45) is 2.12. The summed E-state index contributed by atoms with van der Waals surface area (Å²) in [6, 6.07) is 12.5. The van der Waals surface area contributed by atoms with Gasteiger partial charge in [-0.05, 0) is 43.3 Å². The molecule has 1 aromatic carbocycles. The zero-order chi connectivity index (χ0) is 22.0. The number of carbonyl (C=O) groups excluding carboxylic acids is 2. The van der Waals surface area contributed by atoms with Crippen LogP contribution in [0.4, 0.5) is 11.4 Å². The van der Waals surface area contributed by atoms with Crippen LogP contribution in [0.25, 0.3) is 10.9 Å². The number of rotatable bonds is 4. The van der Waals surface area contributed by atoms with E-state index in [1.54, 1.807) is 18.3 Å². The van der Waals surface area contributed by atoms with E-state index in [1.807, 2.05) is 25.1 Å². The average molecular weight is 416 g/mol. The average Bonchev–Trinajstić information content (AvgIpc) is 2.78. The molecule has 1 fully saturated rings. The van der Waals surface area contributed by atoms with E-state index in [-0.39, 0.29) is 17.7 Å². The number of nitrogens with one attached hydrogen (secondary N) is 1. The van der Waals surface area contributed by atoms with Crippen molar-refractivity contribution in [2.24, 2.45) is 5.73 Å². The van der Waals surface area contributed by atoms with E-state index in [2.05, 4.69) is 26.3 Å². The van der Waals surface area contributed by atoms with E-state index in [9.17, 15) is 14.9 Å². The molecular formula is C22H20N6O3. The molecule has 31 heavy (non-hydrogen) atoms. The Morgan fingerprint density at radius 2 is 2.06 bits per heavy atom. The van der Waals surface area contributed by atoms with Crippen molar-refractivity contribution in [1.29, 1.82) is 5.26 Å². The molecule has 2 amide bonds. The second-order valence-electron chi connectivity index (χ2n) is 7.27. The quantitative estimate of drug-likeness (QED) is 0.662. The van der Waals surface area contributed by atoms with E-state index in [0.717, 1.165) is 11.1 Å². The smallest absolute Gasteiger partial charge is 0.267 e. The first-order valence-electron chi connectivity index (χ1n) is 9.71. The number of nitriles is 1. The van der Waals surface area contributed by atoms with Crippen molar-refractivity contribution in [2.45, 2.75) is 19.1 Å². The van der Waals surface area contributed by atoms with Gasteiger partial charge >= 0.3 is 0 Å². The fraction of sp³-hybridized carbons (Fsp3) is 0.227. The molecule has 156 valence electrons. The van der Waals surface area contributed by atoms with Crippen LogP contribution < -0.4 is 16.0 Å². The van der Waals surface area contributed by atoms with Crippen LogP contribution in [0, 0.1) is 11.3 Å². The number of anilines is 2. The molecule has 9 heteroatoms. The summed E-state index contributed by atoms with van der Waals surface area (Å²) < 4.78 is 5.88. The topological polar surface area (TPSA) is 134 Å². The van der Waals surface area contributed by atoms with Gasteiger partial charge in [-0.25, -0.2) is 0 Å². The van der Waals surface area contributed by atoms with Crippen molar-refractivity contribution >= 4 is 34.1 Å². The number of aromatic nitrogens is 2. The van der Waals surface area contributed by atoms with Crippen LogP contribution in [0.15, 0.2) is 48.8 Å². The lowest BCUT2D eigenvalue weighted by molar-refractivity contribution is -0.131. The largest absolute Gasteiger partial charge is 0.365 e. The fourth-order valence-electron chi connectivity index (χ4n) is 3.68. The van der Waals surface area contributed by atoms with Crippen LogP contribution in [0.5, 0.6) is 0 Å². The Labute approximate surface area is 178 Å². The normalized spacial score (nSPS) is 18.4. The van der Waals surface area contributed by atoms with Crippen LogP contribution >= 0.6 is 0 Å². The van der Waals surface area contributed by atoms with Crippen LogP contribution in [0.2, 0.25) is 0 Å². The molecule has 2 aromatic heterocycles. The van der Waals surface area contributed by atoms with E-state index < -0.39 is 12.0 Å². The second-order valence-corrected chi connectivity index (χ2v) is 7.27. The van der Waals surface area contributed by atoms with Crippen molar-refractivity contribution in [3.63, 3.8) is 0 Å². The molecule has 4 rings (SSSR count). The number of pyridine rings is 2. The number of nitrogens with zero attached hydrogens (tertiary/aromatic N) is 4. The molecule has 3 N–H and O–H groups in total. The predicted molar refractivity (Wildman–Crippen MR) is 114 cm³/mol. The van der Waals surface area contributed by atoms with E-state index >= 15 is 0 Å². The number of amides is 2. The Morgan fingerprint density at radius 1 is 1.23 bits per heavy atom. The minimum absolute atomic E-state index is 0.0638. The monoisotopic (exact) mass is 416 g/mol. The van der Waals surface area contributed by atoms with Gasteiger partial charge in [-0.3, -0.25) is 19.6 Å². The predicted octanol–water partition coefficient (Wildman–Crippen LogP) is 1.83. The van der Waals surface area contributed by atoms with Gasteiger partial charge in [-0.2, -0.15) is 5.26 Å². The van der Waals surface area contributed by atoms with Gasteiger partial charge in [-0.1, -0.05) is 0 Å². The van der Waals surface area contributed by atoms with Crippen LogP contribution in [0.3, 0.4) is 0 Å². The summed E-state index contributed by atoms with van der Waals surface area (Å²) in [5.74, 6) is -1.01. The highest BCUT2D eigenvalue weighted by atomic mass is 16.5. The third-order valence-electron chi connectivity index (χ3n) is 5.04. The van der Waals surface area contributed by atoms with Crippen molar-refractivity contribution < 1.29 is 14.3 Å². The number of morpholine rings is 1. The summed E-state index contributed by atoms with van der Waals surface area (Å²) >= 11 is 0. The van der Waals surface area contributed by atoms with Crippen molar-refractivity contribution in [1.82, 2.24) is 9.97 Å². The number of primary amides is 1. The molecule has 3 heterocycles. The van der Waals surface area contributed by atoms with Crippen molar-refractivity contribution in [3.05, 3.63) is 60.0 Å². The van der Waals surface area contributed by atoms with Crippen molar-refractivity contribution in [2.75, 3.05) is 23.3 Å². The maximum absolute atomic E-state index is 12.9. The minimum Gasteiger partial charge on any atom is -0.365 e. The molecule has 1 aliphatic rings. The molecule has 0 spiro atoms. The highest BCUT2D eigenvalue weighted by Crippen LogP contribution is 2.30. The van der Waals surface area contributed by atoms with Crippen LogP contribution in [-0.2, 0) is 9.53 Å². The van der Waals surface area contributed by atoms with Gasteiger partial charge in [0.15, 0.2) is 6.10 Å². The first-order chi connectivity index (χ1) is 15.0. The van der Waals surface area contributed by atoms with Gasteiger partial charge in [0.05, 0.1) is 23.7 Å². The van der Waals surface area contributed by atoms with E-state index in [1.165, 1.54) is 12.3 Å². The molecule has 1 saturated heterocycles. The van der Waals surface area contributed by atoms with Gasteiger partial charge in [-0.15, -0.1) is 0 Å². The number of benzene rings is 1. The Bertz CT molecular complexity index is 1210. The first-order valence-corrected chi connectivity index (χ1v) is 9.71. The molecule has 0 radical (unpaired) electrons. The summed E-state index contributed by atoms with van der Waals surface area (Å²) in [4.78, 5) is 34.5. The number of fused-ring (bicyclic) bond motifs is 1. The third kappa shape index (κ3) is 4.15. The summed E-state index contributed by atoms with van der Waals surface area (Å²) in [6.45, 7) is 2.80. The molecule has 9 nitrogen and oxygen atoms in total. The summed E-state index contributed by atoms with van der Waals surface area (Å²) in [5.41, 5.74) is 7.73. The Kier molecular flexibility index (Phi) is 5.47. The number of hydrogen-bond acceptors (Lipinski definition) is 7. The Hall–Kier alpha value is -4.03. The Balaban J connectivity index is 1.59. The molecule has 0 bridgehead atoms. The van der Waals surface area contributed by atoms with E-state index in [0.29, 0.717) is 29.9 Å². The van der Waals surface area contributed by atoms with Gasteiger partial charge in [0.25, 0.3) is 11.8 Å². The maximum atomic E-state index is 12.9. The number of hydrogen-bond donors (Lipinski definition) is 2. The lowest BCUT2D eigenvalue weighted by atomic mass is 10.1. The van der Waals surface area contributed by atoms with Crippen LogP contribution in [-0.4, -0.2) is 47.1 Å².